The number of nitrogens with zero attached hydrogens (tertiary/aromatic N) is 2. The monoisotopic (exact) mass is 278 g/mol. The third-order valence-electron chi connectivity index (χ3n) is 3.79. The largest absolute Gasteiger partial charge is 0.365 e. The molecule has 0 unspecified atom stereocenters. The lowest BCUT2D eigenvalue weighted by Gasteiger charge is -2.18. The number of rotatable bonds is 1. The van der Waals surface area contributed by atoms with Crippen LogP contribution in [-0.4, -0.2) is 10.9 Å². The Morgan fingerprint density at radius 2 is 1.86 bits per heavy atom. The van der Waals surface area contributed by atoms with Crippen molar-refractivity contribution in [2.45, 2.75) is 13.1 Å². The number of guanidine groups is 1. The number of nitrogens with one attached hydrogen (secondary N) is 2. The van der Waals surface area contributed by atoms with Gasteiger partial charge < -0.3 is 5.73 Å². The summed E-state index contributed by atoms with van der Waals surface area (Å²) in [6.45, 7) is 2.08. The van der Waals surface area contributed by atoms with Crippen molar-refractivity contribution in [3.8, 4) is 0 Å². The van der Waals surface area contributed by atoms with Crippen LogP contribution in [0.2, 0.25) is 0 Å². The van der Waals surface area contributed by atoms with Crippen molar-refractivity contribution >= 4 is 22.9 Å². The molecule has 0 saturated heterocycles. The predicted molar refractivity (Wildman–Crippen MR) is 83.1 cm³/mol. The maximum atomic E-state index is 5.93. The highest BCUT2D eigenvalue weighted by Crippen LogP contribution is 2.23. The third kappa shape index (κ3) is 1.86. The topological polar surface area (TPSA) is 70.1 Å². The summed E-state index contributed by atoms with van der Waals surface area (Å²) in [4.78, 5) is 7.92. The van der Waals surface area contributed by atoms with E-state index in [1.165, 1.54) is 5.56 Å². The molecule has 0 amide bonds. The fourth-order valence-corrected chi connectivity index (χ4v) is 2.75. The zero-order chi connectivity index (χ0) is 14.4. The Kier molecular flexibility index (Phi) is 2.47. The van der Waals surface area contributed by atoms with Gasteiger partial charge in [-0.1, -0.05) is 42.0 Å². The van der Waals surface area contributed by atoms with Crippen LogP contribution in [0.15, 0.2) is 53.5 Å². The Morgan fingerprint density at radius 1 is 1.10 bits per heavy atom. The number of fused-ring (bicyclic) bond motifs is 3. The number of aryl methyl sites for hydroxylation is 1. The number of H-pyrrole nitrogens is 1. The summed E-state index contributed by atoms with van der Waals surface area (Å²) in [7, 11) is 0. The summed E-state index contributed by atoms with van der Waals surface area (Å²) >= 11 is 0. The molecule has 2 heterocycles. The molecule has 1 aromatic heterocycles. The highest BCUT2D eigenvalue weighted by molar-refractivity contribution is 5.92. The molecule has 0 bridgehead atoms. The molecule has 1 aliphatic rings. The van der Waals surface area contributed by atoms with Gasteiger partial charge in [-0.05, 0) is 19.1 Å². The highest BCUT2D eigenvalue weighted by Gasteiger charge is 2.30. The molecule has 4 N–H and O–H groups in total. The summed E-state index contributed by atoms with van der Waals surface area (Å²) in [5.41, 5.74) is 10.4. The maximum Gasteiger partial charge on any atom is 0.365 e. The summed E-state index contributed by atoms with van der Waals surface area (Å²) in [5.74, 6) is 1.28. The lowest BCUT2D eigenvalue weighted by atomic mass is 10.1. The van der Waals surface area contributed by atoms with Crippen LogP contribution >= 0.6 is 0 Å². The first-order valence-corrected chi connectivity index (χ1v) is 6.91. The first kappa shape index (κ1) is 12.0. The van der Waals surface area contributed by atoms with Crippen LogP contribution in [0.5, 0.6) is 0 Å². The number of nitrogens with two attached hydrogens (primary N) is 1. The number of aliphatic imine (C=N–C) groups is 1. The number of imidazole rings is 1. The van der Waals surface area contributed by atoms with Crippen LogP contribution in [-0.2, 0) is 0 Å². The summed E-state index contributed by atoms with van der Waals surface area (Å²) in [5, 5.41) is 3.10. The second-order valence-corrected chi connectivity index (χ2v) is 5.28. The number of hydrogen-bond acceptors (Lipinski definition) is 3. The Bertz CT molecular complexity index is 845. The smallest absolute Gasteiger partial charge is 0.357 e. The standard InChI is InChI=1S/C16H15N5/c1-10-6-8-11(9-7-10)14-19-15(17)20-16-18-12-4-2-3-5-13(12)21(14)16/h2-9,14H,1H3,(H3,17,18,19,20)/p+1/t14-/m1/s1. The molecular formula is C16H16N5+. The van der Waals surface area contributed by atoms with Gasteiger partial charge in [0.05, 0.1) is 0 Å². The first-order chi connectivity index (χ1) is 10.2. The Labute approximate surface area is 122 Å². The second kappa shape index (κ2) is 4.34. The Morgan fingerprint density at radius 3 is 2.67 bits per heavy atom. The van der Waals surface area contributed by atoms with Crippen LogP contribution in [0.3, 0.4) is 0 Å². The van der Waals surface area contributed by atoms with Gasteiger partial charge in [-0.25, -0.2) is 14.9 Å². The Balaban J connectivity index is 1.95. The van der Waals surface area contributed by atoms with Gasteiger partial charge in [0.15, 0.2) is 0 Å². The number of hydrogen-bond donors (Lipinski definition) is 3. The van der Waals surface area contributed by atoms with E-state index in [0.29, 0.717) is 5.96 Å². The van der Waals surface area contributed by atoms with Crippen molar-refractivity contribution < 1.29 is 4.57 Å². The van der Waals surface area contributed by atoms with Crippen LogP contribution in [0, 0.1) is 6.92 Å². The van der Waals surface area contributed by atoms with Crippen molar-refractivity contribution in [2.24, 2.45) is 10.7 Å². The zero-order valence-electron chi connectivity index (χ0n) is 11.7. The molecule has 0 spiro atoms. The van der Waals surface area contributed by atoms with E-state index in [1.807, 2.05) is 18.2 Å². The SMILES string of the molecule is Cc1ccc([C@@H]2N=C(N)Nc3[nH]c4ccccc4[n+]32)cc1. The van der Waals surface area contributed by atoms with Gasteiger partial charge in [0.25, 0.3) is 5.96 Å². The van der Waals surface area contributed by atoms with Crippen LogP contribution in [0.4, 0.5) is 5.95 Å². The van der Waals surface area contributed by atoms with E-state index in [-0.39, 0.29) is 6.17 Å². The molecule has 5 heteroatoms. The van der Waals surface area contributed by atoms with Gasteiger partial charge in [-0.2, -0.15) is 4.99 Å². The minimum atomic E-state index is -0.155. The Hall–Kier alpha value is -2.82. The van der Waals surface area contributed by atoms with Gasteiger partial charge in [0, 0.05) is 5.56 Å². The van der Waals surface area contributed by atoms with Gasteiger partial charge in [-0.3, -0.25) is 0 Å². The predicted octanol–water partition coefficient (Wildman–Crippen LogP) is 2.05. The zero-order valence-corrected chi connectivity index (χ0v) is 11.7. The molecule has 21 heavy (non-hydrogen) atoms. The molecule has 3 aromatic rings. The van der Waals surface area contributed by atoms with E-state index in [4.69, 9.17) is 5.73 Å². The highest BCUT2D eigenvalue weighted by atomic mass is 15.4. The average Bonchev–Trinajstić information content (AvgIpc) is 2.85. The van der Waals surface area contributed by atoms with Gasteiger partial charge in [0.1, 0.15) is 11.0 Å². The van der Waals surface area contributed by atoms with Crippen LogP contribution < -0.4 is 15.6 Å². The van der Waals surface area contributed by atoms with Crippen LogP contribution in [0.1, 0.15) is 17.3 Å². The second-order valence-electron chi connectivity index (χ2n) is 5.28. The molecule has 2 aromatic carbocycles. The van der Waals surface area contributed by atoms with E-state index in [9.17, 15) is 0 Å². The molecule has 1 aliphatic heterocycles. The van der Waals surface area contributed by atoms with E-state index >= 15 is 0 Å². The summed E-state index contributed by atoms with van der Waals surface area (Å²) in [6, 6.07) is 16.5. The lowest BCUT2D eigenvalue weighted by molar-refractivity contribution is -0.674. The number of para-hydroxylation sites is 2. The van der Waals surface area contributed by atoms with Crippen molar-refractivity contribution in [1.29, 1.82) is 0 Å². The van der Waals surface area contributed by atoms with Gasteiger partial charge in [0.2, 0.25) is 6.17 Å². The minimum absolute atomic E-state index is 0.155. The number of aromatic amines is 1. The molecule has 0 aliphatic carbocycles. The number of aromatic nitrogens is 2. The number of benzene rings is 2. The minimum Gasteiger partial charge on any atom is -0.357 e. The van der Waals surface area contributed by atoms with Crippen molar-refractivity contribution in [3.63, 3.8) is 0 Å². The van der Waals surface area contributed by atoms with Crippen LogP contribution in [0.25, 0.3) is 11.0 Å². The molecule has 0 saturated carbocycles. The first-order valence-electron chi connectivity index (χ1n) is 6.91. The molecular weight excluding hydrogens is 262 g/mol. The van der Waals surface area contributed by atoms with Gasteiger partial charge >= 0.3 is 5.95 Å². The van der Waals surface area contributed by atoms with E-state index in [2.05, 4.69) is 57.1 Å². The fourth-order valence-electron chi connectivity index (χ4n) is 2.75. The molecule has 5 nitrogen and oxygen atoms in total. The molecule has 4 rings (SSSR count). The summed E-state index contributed by atoms with van der Waals surface area (Å²) in [6.07, 6.45) is -0.155. The summed E-state index contributed by atoms with van der Waals surface area (Å²) < 4.78 is 2.14. The normalized spacial score (nSPS) is 17.2. The molecule has 1 atom stereocenters. The van der Waals surface area contributed by atoms with Crippen molar-refractivity contribution in [2.75, 3.05) is 5.32 Å². The van der Waals surface area contributed by atoms with E-state index < -0.39 is 0 Å². The fraction of sp³-hybridized carbons (Fsp3) is 0.125. The molecule has 0 radical (unpaired) electrons. The maximum absolute atomic E-state index is 5.93. The average molecular weight is 278 g/mol. The van der Waals surface area contributed by atoms with Crippen molar-refractivity contribution in [3.05, 3.63) is 59.7 Å². The molecule has 0 fully saturated rings. The molecule has 104 valence electrons. The van der Waals surface area contributed by atoms with Gasteiger partial charge in [-0.15, -0.1) is 0 Å². The van der Waals surface area contributed by atoms with E-state index in [0.717, 1.165) is 22.5 Å². The van der Waals surface area contributed by atoms with E-state index in [1.54, 1.807) is 0 Å². The third-order valence-corrected chi connectivity index (χ3v) is 3.79. The van der Waals surface area contributed by atoms with Crippen molar-refractivity contribution in [1.82, 2.24) is 4.98 Å². The lowest BCUT2D eigenvalue weighted by Crippen LogP contribution is -2.48. The quantitative estimate of drug-likeness (QED) is 0.596. The number of anilines is 1.